The van der Waals surface area contributed by atoms with Crippen molar-refractivity contribution in [1.29, 1.82) is 0 Å². The zero-order valence-electron chi connectivity index (χ0n) is 13.6. The molecule has 0 bridgehead atoms. The molecule has 0 fully saturated rings. The Labute approximate surface area is 143 Å². The summed E-state index contributed by atoms with van der Waals surface area (Å²) in [6.45, 7) is 2.02. The van der Waals surface area contributed by atoms with Gasteiger partial charge in [-0.1, -0.05) is 36.8 Å². The Morgan fingerprint density at radius 3 is 2.40 bits per heavy atom. The van der Waals surface area contributed by atoms with Gasteiger partial charge in [-0.25, -0.2) is 22.0 Å². The molecule has 1 aromatic rings. The van der Waals surface area contributed by atoms with Gasteiger partial charge >= 0.3 is 0 Å². The molecule has 1 aliphatic carbocycles. The first kappa shape index (κ1) is 18.9. The molecule has 0 saturated carbocycles. The molecule has 0 unspecified atom stereocenters. The van der Waals surface area contributed by atoms with Gasteiger partial charge in [0, 0.05) is 5.57 Å². The first-order valence-electron chi connectivity index (χ1n) is 7.82. The Kier molecular flexibility index (Phi) is 6.51. The lowest BCUT2D eigenvalue weighted by Crippen LogP contribution is -1.95. The molecule has 5 heteroatoms. The maximum Gasteiger partial charge on any atom is 0.194 e. The van der Waals surface area contributed by atoms with Crippen LogP contribution in [0.4, 0.5) is 22.0 Å². The topological polar surface area (TPSA) is 0 Å². The van der Waals surface area contributed by atoms with E-state index in [9.17, 15) is 22.0 Å². The zero-order chi connectivity index (χ0) is 18.4. The molecule has 0 N–H and O–H groups in total. The van der Waals surface area contributed by atoms with Crippen LogP contribution in [-0.4, -0.2) is 0 Å². The lowest BCUT2D eigenvalue weighted by atomic mass is 10.0. The molecule has 0 amide bonds. The zero-order valence-corrected chi connectivity index (χ0v) is 13.6. The van der Waals surface area contributed by atoms with Crippen LogP contribution in [0.2, 0.25) is 0 Å². The molecule has 0 radical (unpaired) electrons. The van der Waals surface area contributed by atoms with Gasteiger partial charge in [0.05, 0.1) is 6.33 Å². The van der Waals surface area contributed by atoms with E-state index >= 15 is 0 Å². The van der Waals surface area contributed by atoms with Crippen molar-refractivity contribution in [2.24, 2.45) is 0 Å². The van der Waals surface area contributed by atoms with Crippen molar-refractivity contribution in [2.75, 3.05) is 0 Å². The van der Waals surface area contributed by atoms with Crippen LogP contribution in [0.5, 0.6) is 0 Å². The van der Waals surface area contributed by atoms with E-state index in [1.54, 1.807) is 0 Å². The van der Waals surface area contributed by atoms with Gasteiger partial charge in [0.25, 0.3) is 0 Å². The summed E-state index contributed by atoms with van der Waals surface area (Å²) >= 11 is 0. The Balaban J connectivity index is 2.22. The van der Waals surface area contributed by atoms with Gasteiger partial charge in [-0.15, -0.1) is 0 Å². The van der Waals surface area contributed by atoms with Crippen LogP contribution >= 0.6 is 0 Å². The monoisotopic (exact) mass is 352 g/mol. The minimum absolute atomic E-state index is 0.0889. The molecule has 0 spiro atoms. The second-order valence-corrected chi connectivity index (χ2v) is 5.56. The lowest BCUT2D eigenvalue weighted by molar-refractivity contribution is 0.446. The molecule has 2 rings (SSSR count). The quantitative estimate of drug-likeness (QED) is 0.308. The Morgan fingerprint density at radius 2 is 1.80 bits per heavy atom. The van der Waals surface area contributed by atoms with Crippen LogP contribution in [0.25, 0.3) is 5.57 Å². The predicted octanol–water partition coefficient (Wildman–Crippen LogP) is 6.88. The SMILES string of the molecule is CCC1=CC=C(C/C=C(F)\C(=C\F)c2cc(F)c(F)c(F)c2)CC=C1. The molecule has 1 aromatic carbocycles. The highest BCUT2D eigenvalue weighted by Crippen LogP contribution is 2.28. The van der Waals surface area contributed by atoms with Gasteiger partial charge in [0.15, 0.2) is 17.5 Å². The van der Waals surface area contributed by atoms with Crippen molar-refractivity contribution in [3.05, 3.63) is 88.8 Å². The first-order chi connectivity index (χ1) is 12.0. The Hall–Kier alpha value is -2.43. The van der Waals surface area contributed by atoms with Crippen LogP contribution < -0.4 is 0 Å². The summed E-state index contributed by atoms with van der Waals surface area (Å²) in [5.41, 5.74) is 1.01. The number of hydrogen-bond donors (Lipinski definition) is 0. The second-order valence-electron chi connectivity index (χ2n) is 5.56. The van der Waals surface area contributed by atoms with Crippen LogP contribution in [-0.2, 0) is 0 Å². The van der Waals surface area contributed by atoms with Gasteiger partial charge < -0.3 is 0 Å². The van der Waals surface area contributed by atoms with Crippen LogP contribution in [0, 0.1) is 17.5 Å². The van der Waals surface area contributed by atoms with Crippen LogP contribution in [0.1, 0.15) is 31.7 Å². The minimum Gasteiger partial charge on any atom is -0.215 e. The van der Waals surface area contributed by atoms with Crippen LogP contribution in [0.3, 0.4) is 0 Å². The highest BCUT2D eigenvalue weighted by molar-refractivity contribution is 5.76. The Bertz CT molecular complexity index is 771. The van der Waals surface area contributed by atoms with Gasteiger partial charge in [-0.3, -0.25) is 0 Å². The average Bonchev–Trinajstić information content (AvgIpc) is 2.83. The summed E-state index contributed by atoms with van der Waals surface area (Å²) in [5.74, 6) is -5.66. The molecular formula is C20H17F5. The maximum atomic E-state index is 14.3. The van der Waals surface area contributed by atoms with E-state index in [0.717, 1.165) is 23.6 Å². The van der Waals surface area contributed by atoms with E-state index in [2.05, 4.69) is 0 Å². The predicted molar refractivity (Wildman–Crippen MR) is 89.4 cm³/mol. The molecule has 0 aromatic heterocycles. The molecule has 0 saturated heterocycles. The highest BCUT2D eigenvalue weighted by atomic mass is 19.2. The first-order valence-corrected chi connectivity index (χ1v) is 7.82. The van der Waals surface area contributed by atoms with Crippen molar-refractivity contribution >= 4 is 5.57 Å². The van der Waals surface area contributed by atoms with Crippen molar-refractivity contribution in [3.63, 3.8) is 0 Å². The number of hydrogen-bond acceptors (Lipinski definition) is 0. The summed E-state index contributed by atoms with van der Waals surface area (Å²) in [7, 11) is 0. The van der Waals surface area contributed by atoms with Crippen molar-refractivity contribution < 1.29 is 22.0 Å². The average molecular weight is 352 g/mol. The number of rotatable bonds is 5. The third kappa shape index (κ3) is 4.78. The minimum atomic E-state index is -1.68. The fraction of sp³-hybridized carbons (Fsp3) is 0.200. The van der Waals surface area contributed by atoms with E-state index in [4.69, 9.17) is 0 Å². The normalized spacial score (nSPS) is 15.8. The van der Waals surface area contributed by atoms with Crippen molar-refractivity contribution in [3.8, 4) is 0 Å². The third-order valence-corrected chi connectivity index (χ3v) is 3.86. The summed E-state index contributed by atoms with van der Waals surface area (Å²) < 4.78 is 66.8. The summed E-state index contributed by atoms with van der Waals surface area (Å²) in [6.07, 6.45) is 10.5. The van der Waals surface area contributed by atoms with Crippen LogP contribution in [0.15, 0.2) is 65.8 Å². The lowest BCUT2D eigenvalue weighted by Gasteiger charge is -2.06. The third-order valence-electron chi connectivity index (χ3n) is 3.86. The Morgan fingerprint density at radius 1 is 1.12 bits per heavy atom. The molecule has 0 atom stereocenters. The molecule has 0 nitrogen and oxygen atoms in total. The van der Waals surface area contributed by atoms with E-state index < -0.39 is 34.4 Å². The summed E-state index contributed by atoms with van der Waals surface area (Å²) in [4.78, 5) is 0. The largest absolute Gasteiger partial charge is 0.215 e. The van der Waals surface area contributed by atoms with Gasteiger partial charge in [-0.05, 0) is 48.6 Å². The standard InChI is InChI=1S/C20H17F5/c1-2-13-4-3-5-14(7-6-13)8-9-17(22)16(12-21)15-10-18(23)20(25)19(24)11-15/h3-4,6-7,9-12H,2,5,8H2,1H3/b16-12+,17-9+. The van der Waals surface area contributed by atoms with Gasteiger partial charge in [0.2, 0.25) is 0 Å². The number of benzene rings is 1. The summed E-state index contributed by atoms with van der Waals surface area (Å²) in [6, 6.07) is 1.11. The molecule has 1 aliphatic rings. The van der Waals surface area contributed by atoms with E-state index in [0.29, 0.717) is 18.6 Å². The number of allylic oxidation sites excluding steroid dienone is 9. The molecule has 25 heavy (non-hydrogen) atoms. The van der Waals surface area contributed by atoms with Crippen molar-refractivity contribution in [2.45, 2.75) is 26.2 Å². The van der Waals surface area contributed by atoms with Gasteiger partial charge in [0.1, 0.15) is 5.83 Å². The van der Waals surface area contributed by atoms with Crippen molar-refractivity contribution in [1.82, 2.24) is 0 Å². The highest BCUT2D eigenvalue weighted by Gasteiger charge is 2.16. The van der Waals surface area contributed by atoms with Gasteiger partial charge in [-0.2, -0.15) is 0 Å². The smallest absolute Gasteiger partial charge is 0.194 e. The maximum absolute atomic E-state index is 14.3. The molecule has 0 aliphatic heterocycles. The fourth-order valence-electron chi connectivity index (χ4n) is 2.39. The number of halogens is 5. The molecule has 0 heterocycles. The second kappa shape index (κ2) is 8.60. The van der Waals surface area contributed by atoms with E-state index in [1.807, 2.05) is 31.2 Å². The van der Waals surface area contributed by atoms with E-state index in [1.165, 1.54) is 0 Å². The van der Waals surface area contributed by atoms with E-state index in [-0.39, 0.29) is 12.8 Å². The summed E-state index contributed by atoms with van der Waals surface area (Å²) in [5, 5.41) is 0. The molecule has 132 valence electrons. The fourth-order valence-corrected chi connectivity index (χ4v) is 2.39. The molecular weight excluding hydrogens is 335 g/mol.